The molecule has 0 amide bonds. The normalized spacial score (nSPS) is 18.0. The highest BCUT2D eigenvalue weighted by Crippen LogP contribution is 2.44. The number of benzene rings is 1. The molecular weight excluding hydrogens is 283 g/mol. The van der Waals surface area contributed by atoms with Crippen molar-refractivity contribution in [2.45, 2.75) is 43.9 Å². The van der Waals surface area contributed by atoms with Crippen molar-refractivity contribution in [1.29, 1.82) is 0 Å². The summed E-state index contributed by atoms with van der Waals surface area (Å²) in [5.41, 5.74) is 3.03. The third-order valence-corrected chi connectivity index (χ3v) is 4.04. The number of alkyl halides is 3. The van der Waals surface area contributed by atoms with Gasteiger partial charge in [0.05, 0.1) is 6.61 Å². The van der Waals surface area contributed by atoms with E-state index in [-0.39, 0.29) is 0 Å². The van der Waals surface area contributed by atoms with Gasteiger partial charge < -0.3 is 15.6 Å². The van der Waals surface area contributed by atoms with E-state index in [2.05, 4.69) is 0 Å². The Kier molecular flexibility index (Phi) is 3.97. The Balaban J connectivity index is 2.37. The number of halogens is 3. The molecular formula is C15H20F3NO2. The summed E-state index contributed by atoms with van der Waals surface area (Å²) in [7, 11) is 0. The van der Waals surface area contributed by atoms with Gasteiger partial charge in [0, 0.05) is 18.5 Å². The monoisotopic (exact) mass is 303 g/mol. The minimum Gasteiger partial charge on any atom is -0.493 e. The molecule has 1 aliphatic rings. The molecule has 0 spiro atoms. The van der Waals surface area contributed by atoms with Crippen LogP contribution in [0.3, 0.4) is 0 Å². The molecule has 0 radical (unpaired) electrons. The van der Waals surface area contributed by atoms with Crippen LogP contribution in [0.25, 0.3) is 0 Å². The molecule has 0 aromatic heterocycles. The van der Waals surface area contributed by atoms with Crippen molar-refractivity contribution in [2.75, 3.05) is 13.2 Å². The first kappa shape index (κ1) is 16.1. The van der Waals surface area contributed by atoms with Gasteiger partial charge in [-0.25, -0.2) is 0 Å². The highest BCUT2D eigenvalue weighted by molar-refractivity contribution is 5.47. The second kappa shape index (κ2) is 5.18. The molecule has 6 heteroatoms. The van der Waals surface area contributed by atoms with E-state index < -0.39 is 30.2 Å². The van der Waals surface area contributed by atoms with Gasteiger partial charge in [-0.05, 0) is 17.4 Å². The SMILES string of the molecule is CC(C)(C[C@@](O)(CN)C(F)(F)F)c1cccc2c1OCC2. The molecule has 0 bridgehead atoms. The summed E-state index contributed by atoms with van der Waals surface area (Å²) in [6.45, 7) is 2.99. The average molecular weight is 303 g/mol. The predicted octanol–water partition coefficient (Wildman–Crippen LogP) is 2.54. The Morgan fingerprint density at radius 1 is 1.29 bits per heavy atom. The molecule has 3 N–H and O–H groups in total. The lowest BCUT2D eigenvalue weighted by Crippen LogP contribution is -2.54. The van der Waals surface area contributed by atoms with E-state index in [4.69, 9.17) is 10.5 Å². The Morgan fingerprint density at radius 3 is 2.52 bits per heavy atom. The van der Waals surface area contributed by atoms with Gasteiger partial charge in [-0.3, -0.25) is 0 Å². The van der Waals surface area contributed by atoms with Gasteiger partial charge in [-0.2, -0.15) is 13.2 Å². The number of aliphatic hydroxyl groups is 1. The number of ether oxygens (including phenoxy) is 1. The molecule has 0 unspecified atom stereocenters. The molecule has 3 nitrogen and oxygen atoms in total. The largest absolute Gasteiger partial charge is 0.493 e. The Hall–Kier alpha value is -1.27. The van der Waals surface area contributed by atoms with E-state index in [1.807, 2.05) is 6.07 Å². The molecule has 21 heavy (non-hydrogen) atoms. The van der Waals surface area contributed by atoms with Crippen molar-refractivity contribution in [3.05, 3.63) is 29.3 Å². The first-order valence-corrected chi connectivity index (χ1v) is 6.85. The zero-order valence-corrected chi connectivity index (χ0v) is 12.1. The van der Waals surface area contributed by atoms with E-state index in [1.165, 1.54) is 0 Å². The zero-order chi connectivity index (χ0) is 15.9. The lowest BCUT2D eigenvalue weighted by molar-refractivity contribution is -0.262. The maximum Gasteiger partial charge on any atom is 0.418 e. The molecule has 118 valence electrons. The molecule has 1 aromatic carbocycles. The topological polar surface area (TPSA) is 55.5 Å². The van der Waals surface area contributed by atoms with Crippen LogP contribution in [0.4, 0.5) is 13.2 Å². The smallest absolute Gasteiger partial charge is 0.418 e. The fraction of sp³-hybridized carbons (Fsp3) is 0.600. The van der Waals surface area contributed by atoms with Crippen molar-refractivity contribution < 1.29 is 23.0 Å². The van der Waals surface area contributed by atoms with Crippen molar-refractivity contribution in [3.63, 3.8) is 0 Å². The fourth-order valence-electron chi connectivity index (χ4n) is 2.86. The Morgan fingerprint density at radius 2 is 1.95 bits per heavy atom. The number of hydrogen-bond acceptors (Lipinski definition) is 3. The summed E-state index contributed by atoms with van der Waals surface area (Å²) in [6.07, 6.45) is -4.53. The predicted molar refractivity (Wildman–Crippen MR) is 73.3 cm³/mol. The molecule has 1 atom stereocenters. The van der Waals surface area contributed by atoms with Crippen molar-refractivity contribution in [2.24, 2.45) is 5.73 Å². The van der Waals surface area contributed by atoms with Gasteiger partial charge in [0.2, 0.25) is 0 Å². The zero-order valence-electron chi connectivity index (χ0n) is 12.1. The minimum absolute atomic E-state index is 0.514. The molecule has 0 saturated heterocycles. The summed E-state index contributed by atoms with van der Waals surface area (Å²) in [5.74, 6) is 0.643. The van der Waals surface area contributed by atoms with E-state index in [0.717, 1.165) is 12.0 Å². The van der Waals surface area contributed by atoms with Crippen LogP contribution in [0.5, 0.6) is 5.75 Å². The summed E-state index contributed by atoms with van der Waals surface area (Å²) >= 11 is 0. The second-order valence-electron chi connectivity index (χ2n) is 6.19. The maximum absolute atomic E-state index is 13.1. The number of rotatable bonds is 4. The number of hydrogen-bond donors (Lipinski definition) is 2. The summed E-state index contributed by atoms with van der Waals surface area (Å²) < 4.78 is 44.7. The van der Waals surface area contributed by atoms with Crippen LogP contribution in [0.15, 0.2) is 18.2 Å². The maximum atomic E-state index is 13.1. The average Bonchev–Trinajstić information content (AvgIpc) is 2.84. The van der Waals surface area contributed by atoms with Gasteiger partial charge in [0.25, 0.3) is 0 Å². The summed E-state index contributed by atoms with van der Waals surface area (Å²) in [5, 5.41) is 9.91. The number of para-hydroxylation sites is 1. The van der Waals surface area contributed by atoms with E-state index in [9.17, 15) is 18.3 Å². The summed E-state index contributed by atoms with van der Waals surface area (Å²) in [6, 6.07) is 5.46. The van der Waals surface area contributed by atoms with E-state index >= 15 is 0 Å². The second-order valence-corrected chi connectivity index (χ2v) is 6.19. The van der Waals surface area contributed by atoms with Gasteiger partial charge in [0.15, 0.2) is 5.60 Å². The number of fused-ring (bicyclic) bond motifs is 1. The van der Waals surface area contributed by atoms with Crippen LogP contribution in [-0.4, -0.2) is 30.0 Å². The van der Waals surface area contributed by atoms with Crippen molar-refractivity contribution >= 4 is 0 Å². The van der Waals surface area contributed by atoms with Crippen LogP contribution in [0.1, 0.15) is 31.4 Å². The highest BCUT2D eigenvalue weighted by Gasteiger charge is 2.55. The van der Waals surface area contributed by atoms with E-state index in [1.54, 1.807) is 26.0 Å². The lowest BCUT2D eigenvalue weighted by atomic mass is 9.74. The molecule has 0 aliphatic carbocycles. The van der Waals surface area contributed by atoms with Gasteiger partial charge >= 0.3 is 6.18 Å². The molecule has 1 aromatic rings. The number of nitrogens with two attached hydrogens (primary N) is 1. The molecule has 1 heterocycles. The molecule has 0 fully saturated rings. The first-order valence-electron chi connectivity index (χ1n) is 6.85. The molecule has 0 saturated carbocycles. The van der Waals surface area contributed by atoms with Crippen LogP contribution in [0.2, 0.25) is 0 Å². The third kappa shape index (κ3) is 2.87. The minimum atomic E-state index is -4.77. The quantitative estimate of drug-likeness (QED) is 0.899. The van der Waals surface area contributed by atoms with Crippen LogP contribution in [0, 0.1) is 0 Å². The fourth-order valence-corrected chi connectivity index (χ4v) is 2.86. The van der Waals surface area contributed by atoms with Crippen LogP contribution < -0.4 is 10.5 Å². The Bertz CT molecular complexity index is 528. The standard InChI is InChI=1S/C15H20F3NO2/c1-13(2,8-14(20,9-19)15(16,17)18)11-5-3-4-10-6-7-21-12(10)11/h3-5,20H,6-9,19H2,1-2H3/t14-/m1/s1. The first-order chi connectivity index (χ1) is 9.61. The van der Waals surface area contributed by atoms with E-state index in [0.29, 0.717) is 17.9 Å². The summed E-state index contributed by atoms with van der Waals surface area (Å²) in [4.78, 5) is 0. The third-order valence-electron chi connectivity index (χ3n) is 4.04. The van der Waals surface area contributed by atoms with Gasteiger partial charge in [-0.1, -0.05) is 32.0 Å². The highest BCUT2D eigenvalue weighted by atomic mass is 19.4. The van der Waals surface area contributed by atoms with Crippen LogP contribution >= 0.6 is 0 Å². The molecule has 2 rings (SSSR count). The van der Waals surface area contributed by atoms with Crippen LogP contribution in [-0.2, 0) is 11.8 Å². The van der Waals surface area contributed by atoms with Crippen molar-refractivity contribution in [3.8, 4) is 5.75 Å². The lowest BCUT2D eigenvalue weighted by Gasteiger charge is -2.37. The Labute approximate surface area is 121 Å². The van der Waals surface area contributed by atoms with Gasteiger partial charge in [0.1, 0.15) is 5.75 Å². The van der Waals surface area contributed by atoms with Gasteiger partial charge in [-0.15, -0.1) is 0 Å². The molecule has 1 aliphatic heterocycles. The van der Waals surface area contributed by atoms with Crippen molar-refractivity contribution in [1.82, 2.24) is 0 Å².